The Morgan fingerprint density at radius 1 is 1.62 bits per heavy atom. The van der Waals surface area contributed by atoms with E-state index in [-0.39, 0.29) is 0 Å². The Morgan fingerprint density at radius 3 is 2.94 bits per heavy atom. The molecule has 0 saturated heterocycles. The van der Waals surface area contributed by atoms with E-state index in [1.165, 1.54) is 9.35 Å². The minimum atomic E-state index is 0.448. The van der Waals surface area contributed by atoms with Crippen molar-refractivity contribution in [3.63, 3.8) is 0 Å². The average Bonchev–Trinajstić information content (AvgIpc) is 2.61. The molecule has 2 nitrogen and oxygen atoms in total. The first-order chi connectivity index (χ1) is 7.69. The minimum absolute atomic E-state index is 0.448. The monoisotopic (exact) mass is 303 g/mol. The molecule has 0 spiro atoms. The molecule has 1 unspecified atom stereocenters. The molecule has 1 atom stereocenters. The van der Waals surface area contributed by atoms with Gasteiger partial charge in [-0.3, -0.25) is 0 Å². The molecular weight excluding hydrogens is 286 g/mol. The largest absolute Gasteiger partial charge is 0.378 e. The van der Waals surface area contributed by atoms with E-state index in [2.05, 4.69) is 46.5 Å². The van der Waals surface area contributed by atoms with Gasteiger partial charge in [-0.15, -0.1) is 11.3 Å². The molecule has 1 N–H and O–H groups in total. The molecule has 4 heteroatoms. The SMILES string of the molecule is CCOC1CC(NC(C)c2cc(Br)cs2)C1. The van der Waals surface area contributed by atoms with Crippen molar-refractivity contribution in [3.05, 3.63) is 20.8 Å². The van der Waals surface area contributed by atoms with Gasteiger partial charge in [0.2, 0.25) is 0 Å². The predicted octanol–water partition coefficient (Wildman–Crippen LogP) is 3.73. The molecule has 0 aromatic carbocycles. The predicted molar refractivity (Wildman–Crippen MR) is 72.0 cm³/mol. The third-order valence-electron chi connectivity index (χ3n) is 3.00. The van der Waals surface area contributed by atoms with Gasteiger partial charge >= 0.3 is 0 Å². The summed E-state index contributed by atoms with van der Waals surface area (Å²) in [7, 11) is 0. The van der Waals surface area contributed by atoms with Crippen LogP contribution in [0.2, 0.25) is 0 Å². The van der Waals surface area contributed by atoms with E-state index in [1.807, 2.05) is 0 Å². The van der Waals surface area contributed by atoms with Gasteiger partial charge in [-0.1, -0.05) is 0 Å². The summed E-state index contributed by atoms with van der Waals surface area (Å²) in [5, 5.41) is 5.78. The van der Waals surface area contributed by atoms with Crippen molar-refractivity contribution >= 4 is 27.3 Å². The topological polar surface area (TPSA) is 21.3 Å². The van der Waals surface area contributed by atoms with Gasteiger partial charge in [0, 0.05) is 33.4 Å². The summed E-state index contributed by atoms with van der Waals surface area (Å²) < 4.78 is 6.74. The van der Waals surface area contributed by atoms with Crippen LogP contribution in [-0.2, 0) is 4.74 Å². The van der Waals surface area contributed by atoms with E-state index < -0.39 is 0 Å². The number of hydrogen-bond donors (Lipinski definition) is 1. The highest BCUT2D eigenvalue weighted by molar-refractivity contribution is 9.10. The van der Waals surface area contributed by atoms with Gasteiger partial charge in [0.25, 0.3) is 0 Å². The zero-order valence-corrected chi connectivity index (χ0v) is 12.1. The minimum Gasteiger partial charge on any atom is -0.378 e. The summed E-state index contributed by atoms with van der Waals surface area (Å²) in [5.74, 6) is 0. The van der Waals surface area contributed by atoms with Crippen LogP contribution in [0, 0.1) is 0 Å². The zero-order valence-electron chi connectivity index (χ0n) is 9.70. The third kappa shape index (κ3) is 3.06. The Bertz CT molecular complexity index is 336. The maximum atomic E-state index is 5.55. The lowest BCUT2D eigenvalue weighted by atomic mass is 9.88. The molecule has 0 bridgehead atoms. The molecule has 0 amide bonds. The molecule has 1 aromatic heterocycles. The van der Waals surface area contributed by atoms with Gasteiger partial charge in [-0.05, 0) is 48.7 Å². The first-order valence-electron chi connectivity index (χ1n) is 5.80. The van der Waals surface area contributed by atoms with E-state index in [1.54, 1.807) is 11.3 Å². The molecule has 1 fully saturated rings. The number of hydrogen-bond acceptors (Lipinski definition) is 3. The van der Waals surface area contributed by atoms with Crippen LogP contribution in [0.25, 0.3) is 0 Å². The molecular formula is C12H18BrNOS. The van der Waals surface area contributed by atoms with Crippen LogP contribution in [0.15, 0.2) is 15.9 Å². The lowest BCUT2D eigenvalue weighted by Crippen LogP contribution is -2.46. The number of ether oxygens (including phenoxy) is 1. The maximum Gasteiger partial charge on any atom is 0.0604 e. The Labute approximate surface area is 110 Å². The molecule has 0 aliphatic heterocycles. The summed E-state index contributed by atoms with van der Waals surface area (Å²) in [5.41, 5.74) is 0. The summed E-state index contributed by atoms with van der Waals surface area (Å²) in [6.45, 7) is 5.13. The van der Waals surface area contributed by atoms with Crippen molar-refractivity contribution in [2.24, 2.45) is 0 Å². The summed E-state index contributed by atoms with van der Waals surface area (Å²) >= 11 is 5.30. The Hall–Kier alpha value is 0.1000. The number of halogens is 1. The van der Waals surface area contributed by atoms with Crippen LogP contribution in [0.4, 0.5) is 0 Å². The fraction of sp³-hybridized carbons (Fsp3) is 0.667. The van der Waals surface area contributed by atoms with E-state index >= 15 is 0 Å². The van der Waals surface area contributed by atoms with Crippen LogP contribution < -0.4 is 5.32 Å². The van der Waals surface area contributed by atoms with E-state index in [0.29, 0.717) is 18.2 Å². The molecule has 1 aliphatic rings. The van der Waals surface area contributed by atoms with Crippen LogP contribution in [0.3, 0.4) is 0 Å². The van der Waals surface area contributed by atoms with E-state index in [0.717, 1.165) is 19.4 Å². The van der Waals surface area contributed by atoms with Crippen molar-refractivity contribution in [2.45, 2.75) is 44.9 Å². The second-order valence-electron chi connectivity index (χ2n) is 4.30. The molecule has 1 saturated carbocycles. The van der Waals surface area contributed by atoms with Crippen LogP contribution in [0.1, 0.15) is 37.6 Å². The van der Waals surface area contributed by atoms with Crippen molar-refractivity contribution in [1.29, 1.82) is 0 Å². The summed E-state index contributed by atoms with van der Waals surface area (Å²) in [6, 6.07) is 3.28. The lowest BCUT2D eigenvalue weighted by Gasteiger charge is -2.37. The summed E-state index contributed by atoms with van der Waals surface area (Å²) in [4.78, 5) is 1.40. The molecule has 1 heterocycles. The average molecular weight is 304 g/mol. The van der Waals surface area contributed by atoms with E-state index in [9.17, 15) is 0 Å². The second kappa shape index (κ2) is 5.63. The number of nitrogens with one attached hydrogen (secondary N) is 1. The van der Waals surface area contributed by atoms with Gasteiger partial charge in [0.05, 0.1) is 6.10 Å². The molecule has 16 heavy (non-hydrogen) atoms. The second-order valence-corrected chi connectivity index (χ2v) is 6.16. The van der Waals surface area contributed by atoms with Crippen molar-refractivity contribution < 1.29 is 4.74 Å². The van der Waals surface area contributed by atoms with Crippen LogP contribution in [-0.4, -0.2) is 18.8 Å². The van der Waals surface area contributed by atoms with E-state index in [4.69, 9.17) is 4.74 Å². The Balaban J connectivity index is 1.75. The maximum absolute atomic E-state index is 5.55. The Kier molecular flexibility index (Phi) is 4.41. The normalized spacial score (nSPS) is 26.4. The standard InChI is InChI=1S/C12H18BrNOS/c1-3-15-11-5-10(6-11)14-8(2)12-4-9(13)7-16-12/h4,7-8,10-11,14H,3,5-6H2,1-2H3. The molecule has 90 valence electrons. The van der Waals surface area contributed by atoms with Gasteiger partial charge in [0.15, 0.2) is 0 Å². The first kappa shape index (κ1) is 12.6. The van der Waals surface area contributed by atoms with Gasteiger partial charge in [0.1, 0.15) is 0 Å². The highest BCUT2D eigenvalue weighted by Crippen LogP contribution is 2.29. The zero-order chi connectivity index (χ0) is 11.5. The number of rotatable bonds is 5. The molecule has 1 aliphatic carbocycles. The van der Waals surface area contributed by atoms with Crippen LogP contribution >= 0.6 is 27.3 Å². The Morgan fingerprint density at radius 2 is 2.38 bits per heavy atom. The fourth-order valence-electron chi connectivity index (χ4n) is 2.06. The smallest absolute Gasteiger partial charge is 0.0604 e. The first-order valence-corrected chi connectivity index (χ1v) is 7.48. The highest BCUT2D eigenvalue weighted by atomic mass is 79.9. The fourth-order valence-corrected chi connectivity index (χ4v) is 3.53. The van der Waals surface area contributed by atoms with Crippen LogP contribution in [0.5, 0.6) is 0 Å². The molecule has 0 radical (unpaired) electrons. The highest BCUT2D eigenvalue weighted by Gasteiger charge is 2.30. The lowest BCUT2D eigenvalue weighted by molar-refractivity contribution is -0.0119. The van der Waals surface area contributed by atoms with Crippen molar-refractivity contribution in [1.82, 2.24) is 5.32 Å². The molecule has 2 rings (SSSR count). The quantitative estimate of drug-likeness (QED) is 0.895. The third-order valence-corrected chi connectivity index (χ3v) is 4.87. The summed E-state index contributed by atoms with van der Waals surface area (Å²) in [6.07, 6.45) is 2.81. The van der Waals surface area contributed by atoms with Gasteiger partial charge in [-0.25, -0.2) is 0 Å². The number of thiophene rings is 1. The van der Waals surface area contributed by atoms with Gasteiger partial charge < -0.3 is 10.1 Å². The van der Waals surface area contributed by atoms with Crippen molar-refractivity contribution in [2.75, 3.05) is 6.61 Å². The van der Waals surface area contributed by atoms with Gasteiger partial charge in [-0.2, -0.15) is 0 Å². The van der Waals surface area contributed by atoms with Crippen molar-refractivity contribution in [3.8, 4) is 0 Å². The molecule has 1 aromatic rings.